The first-order valence-electron chi connectivity index (χ1n) is 4.72. The van der Waals surface area contributed by atoms with Crippen LogP contribution in [0.4, 0.5) is 0 Å². The van der Waals surface area contributed by atoms with Gasteiger partial charge in [0, 0.05) is 6.54 Å². The summed E-state index contributed by atoms with van der Waals surface area (Å²) in [5.41, 5.74) is 0. The van der Waals surface area contributed by atoms with Gasteiger partial charge in [0.2, 0.25) is 0 Å². The van der Waals surface area contributed by atoms with E-state index in [0.717, 1.165) is 13.1 Å². The fraction of sp³-hybridized carbons (Fsp3) is 0.889. The van der Waals surface area contributed by atoms with Gasteiger partial charge in [0.05, 0.1) is 12.9 Å². The Labute approximate surface area is 72.1 Å². The Morgan fingerprint density at radius 1 is 1.00 bits per heavy atom. The number of nitrogens with zero attached hydrogens (tertiary/aromatic N) is 1. The molecule has 2 nitrogen and oxygen atoms in total. The molecule has 1 heterocycles. The second kappa shape index (κ2) is 34.0. The highest BCUT2D eigenvalue weighted by molar-refractivity contribution is 5.56. The van der Waals surface area contributed by atoms with Gasteiger partial charge in [-0.1, -0.05) is 41.5 Å². The third kappa shape index (κ3) is 26.4. The molecule has 0 aromatic carbocycles. The lowest BCUT2D eigenvalue weighted by molar-refractivity contribution is 0.965. The lowest BCUT2D eigenvalue weighted by atomic mass is 10.7. The van der Waals surface area contributed by atoms with Crippen LogP contribution in [-0.2, 0) is 0 Å². The van der Waals surface area contributed by atoms with Crippen molar-refractivity contribution in [1.82, 2.24) is 5.32 Å². The zero-order chi connectivity index (χ0) is 9.54. The number of nitrogens with one attached hydrogen (secondary N) is 1. The summed E-state index contributed by atoms with van der Waals surface area (Å²) in [6.07, 6.45) is 1.74. The molecule has 0 aromatic rings. The average molecular weight is 160 g/mol. The van der Waals surface area contributed by atoms with Crippen molar-refractivity contribution < 1.29 is 0 Å². The minimum atomic E-state index is 0.958. The Hall–Kier alpha value is -0.530. The molecule has 70 valence electrons. The molecule has 0 saturated carbocycles. The number of hydrogen-bond donors (Lipinski definition) is 1. The molecule has 11 heavy (non-hydrogen) atoms. The van der Waals surface area contributed by atoms with Crippen molar-refractivity contribution in [3.8, 4) is 0 Å². The van der Waals surface area contributed by atoms with Crippen molar-refractivity contribution in [2.75, 3.05) is 13.1 Å². The average Bonchev–Trinajstić information content (AvgIpc) is 2.71. The van der Waals surface area contributed by atoms with Gasteiger partial charge in [-0.05, 0) is 0 Å². The lowest BCUT2D eigenvalue weighted by Gasteiger charge is -1.75. The topological polar surface area (TPSA) is 24.4 Å². The highest BCUT2D eigenvalue weighted by Crippen LogP contribution is 1.68. The van der Waals surface area contributed by atoms with Gasteiger partial charge in [0.15, 0.2) is 0 Å². The molecule has 1 aliphatic heterocycles. The molecular weight excluding hydrogens is 136 g/mol. The van der Waals surface area contributed by atoms with Crippen molar-refractivity contribution in [1.29, 1.82) is 0 Å². The molecule has 1 N–H and O–H groups in total. The molecule has 0 radical (unpaired) electrons. The van der Waals surface area contributed by atoms with Crippen LogP contribution in [-0.4, -0.2) is 19.4 Å². The van der Waals surface area contributed by atoms with E-state index in [1.807, 2.05) is 41.5 Å². The van der Waals surface area contributed by atoms with E-state index in [0.29, 0.717) is 0 Å². The normalized spacial score (nSPS) is 10.4. The molecular formula is C9H24N2. The van der Waals surface area contributed by atoms with E-state index in [2.05, 4.69) is 10.3 Å². The number of aliphatic imine (C=N–C) groups is 1. The van der Waals surface area contributed by atoms with Crippen molar-refractivity contribution in [2.45, 2.75) is 41.5 Å². The highest BCUT2D eigenvalue weighted by atomic mass is 15.0. The quantitative estimate of drug-likeness (QED) is 0.579. The SMILES string of the molecule is C1=NCCN1.CC.CC.CC. The smallest absolute Gasteiger partial charge is 0.0825 e. The standard InChI is InChI=1S/C3H6N2.3C2H6/c1-2-5-3-4-1;3*1-2/h3H,1-2H2,(H,4,5);3*1-2H3. The van der Waals surface area contributed by atoms with E-state index in [-0.39, 0.29) is 0 Å². The van der Waals surface area contributed by atoms with Crippen LogP contribution in [0, 0.1) is 0 Å². The van der Waals surface area contributed by atoms with Gasteiger partial charge in [0.1, 0.15) is 0 Å². The first-order chi connectivity index (χ1) is 5.50. The predicted molar refractivity (Wildman–Crippen MR) is 55.4 cm³/mol. The Bertz CT molecular complexity index is 45.5. The Balaban J connectivity index is -0.0000000933. The molecule has 1 aliphatic rings. The van der Waals surface area contributed by atoms with Gasteiger partial charge in [-0.15, -0.1) is 0 Å². The van der Waals surface area contributed by atoms with Crippen molar-refractivity contribution in [3.63, 3.8) is 0 Å². The van der Waals surface area contributed by atoms with Crippen LogP contribution < -0.4 is 5.32 Å². The second-order valence-corrected chi connectivity index (χ2v) is 0.989. The molecule has 0 fully saturated rings. The predicted octanol–water partition coefficient (Wildman–Crippen LogP) is 2.70. The van der Waals surface area contributed by atoms with E-state index >= 15 is 0 Å². The van der Waals surface area contributed by atoms with E-state index in [1.54, 1.807) is 6.34 Å². The molecule has 1 rings (SSSR count). The number of rotatable bonds is 0. The summed E-state index contributed by atoms with van der Waals surface area (Å²) in [4.78, 5) is 3.85. The van der Waals surface area contributed by atoms with Gasteiger partial charge in [-0.25, -0.2) is 0 Å². The summed E-state index contributed by atoms with van der Waals surface area (Å²) in [6, 6.07) is 0. The van der Waals surface area contributed by atoms with Gasteiger partial charge < -0.3 is 5.32 Å². The maximum Gasteiger partial charge on any atom is 0.0825 e. The fourth-order valence-electron chi connectivity index (χ4n) is 0.323. The van der Waals surface area contributed by atoms with Crippen LogP contribution >= 0.6 is 0 Å². The maximum absolute atomic E-state index is 3.85. The van der Waals surface area contributed by atoms with Crippen molar-refractivity contribution in [2.24, 2.45) is 4.99 Å². The minimum Gasteiger partial charge on any atom is -0.375 e. The Morgan fingerprint density at radius 3 is 1.55 bits per heavy atom. The summed E-state index contributed by atoms with van der Waals surface area (Å²) >= 11 is 0. The molecule has 0 bridgehead atoms. The highest BCUT2D eigenvalue weighted by Gasteiger charge is 1.82. The molecule has 0 aliphatic carbocycles. The largest absolute Gasteiger partial charge is 0.375 e. The van der Waals surface area contributed by atoms with Gasteiger partial charge in [-0.2, -0.15) is 0 Å². The van der Waals surface area contributed by atoms with Gasteiger partial charge in [-0.3, -0.25) is 4.99 Å². The van der Waals surface area contributed by atoms with Gasteiger partial charge >= 0.3 is 0 Å². The number of hydrogen-bond acceptors (Lipinski definition) is 2. The van der Waals surface area contributed by atoms with E-state index in [4.69, 9.17) is 0 Å². The zero-order valence-electron chi connectivity index (χ0n) is 8.94. The fourth-order valence-corrected chi connectivity index (χ4v) is 0.323. The monoisotopic (exact) mass is 160 g/mol. The van der Waals surface area contributed by atoms with E-state index in [1.165, 1.54) is 0 Å². The molecule has 0 saturated heterocycles. The molecule has 2 heteroatoms. The van der Waals surface area contributed by atoms with Crippen molar-refractivity contribution >= 4 is 6.34 Å². The van der Waals surface area contributed by atoms with Crippen LogP contribution in [0.1, 0.15) is 41.5 Å². The van der Waals surface area contributed by atoms with Crippen LogP contribution in [0.3, 0.4) is 0 Å². The van der Waals surface area contributed by atoms with Crippen LogP contribution in [0.15, 0.2) is 4.99 Å². The van der Waals surface area contributed by atoms with E-state index < -0.39 is 0 Å². The lowest BCUT2D eigenvalue weighted by Crippen LogP contribution is -2.04. The van der Waals surface area contributed by atoms with Gasteiger partial charge in [0.25, 0.3) is 0 Å². The molecule has 0 atom stereocenters. The molecule has 0 amide bonds. The second-order valence-electron chi connectivity index (χ2n) is 0.989. The minimum absolute atomic E-state index is 0.958. The summed E-state index contributed by atoms with van der Waals surface area (Å²) < 4.78 is 0. The summed E-state index contributed by atoms with van der Waals surface area (Å²) in [7, 11) is 0. The molecule has 0 spiro atoms. The van der Waals surface area contributed by atoms with Crippen LogP contribution in [0.5, 0.6) is 0 Å². The van der Waals surface area contributed by atoms with Crippen LogP contribution in [0.2, 0.25) is 0 Å². The third-order valence-corrected chi connectivity index (χ3v) is 0.568. The maximum atomic E-state index is 3.85. The third-order valence-electron chi connectivity index (χ3n) is 0.568. The summed E-state index contributed by atoms with van der Waals surface area (Å²) in [5, 5.41) is 2.93. The summed E-state index contributed by atoms with van der Waals surface area (Å²) in [6.45, 7) is 14.0. The Kier molecular flexibility index (Phi) is 52.0. The Morgan fingerprint density at radius 2 is 1.45 bits per heavy atom. The van der Waals surface area contributed by atoms with Crippen LogP contribution in [0.25, 0.3) is 0 Å². The van der Waals surface area contributed by atoms with Crippen molar-refractivity contribution in [3.05, 3.63) is 0 Å². The molecule has 0 unspecified atom stereocenters. The zero-order valence-corrected chi connectivity index (χ0v) is 8.94. The first kappa shape index (κ1) is 16.8. The first-order valence-corrected chi connectivity index (χ1v) is 4.72. The van der Waals surface area contributed by atoms with E-state index in [9.17, 15) is 0 Å². The summed E-state index contributed by atoms with van der Waals surface area (Å²) in [5.74, 6) is 0. The molecule has 0 aromatic heterocycles.